The first kappa shape index (κ1) is 22.5. The number of piperazine rings is 1. The van der Waals surface area contributed by atoms with Crippen molar-refractivity contribution in [3.63, 3.8) is 0 Å². The van der Waals surface area contributed by atoms with Crippen molar-refractivity contribution in [3.05, 3.63) is 71.7 Å². The molecule has 2 saturated heterocycles. The van der Waals surface area contributed by atoms with Crippen LogP contribution in [-0.4, -0.2) is 66.9 Å². The largest absolute Gasteiger partial charge is 0.360 e. The van der Waals surface area contributed by atoms with E-state index in [-0.39, 0.29) is 17.9 Å². The summed E-state index contributed by atoms with van der Waals surface area (Å²) in [5, 5.41) is 15.4. The Morgan fingerprint density at radius 2 is 2.00 bits per heavy atom. The number of rotatable bonds is 6. The van der Waals surface area contributed by atoms with Crippen molar-refractivity contribution in [3.8, 4) is 0 Å². The molecule has 3 aliphatic heterocycles. The second-order valence-corrected chi connectivity index (χ2v) is 9.12. The first-order valence-electron chi connectivity index (χ1n) is 12.2. The molecule has 2 aromatic rings. The van der Waals surface area contributed by atoms with Gasteiger partial charge in [-0.05, 0) is 61.2 Å². The van der Waals surface area contributed by atoms with Gasteiger partial charge in [-0.3, -0.25) is 10.4 Å². The fraction of sp³-hybridized carbons (Fsp3) is 0.423. The minimum atomic E-state index is -0.204. The predicted octanol–water partition coefficient (Wildman–Crippen LogP) is 2.91. The SMILES string of the molecule is N=C(/C=C\C1=NCC(c2cccc(N3CCNCC3)n2)N1)N1CCCC1Cc1cccc(F)c1. The molecule has 2 atom stereocenters. The Morgan fingerprint density at radius 1 is 1.15 bits per heavy atom. The van der Waals surface area contributed by atoms with Crippen LogP contribution in [0.2, 0.25) is 0 Å². The molecular formula is C26H32FN7. The van der Waals surface area contributed by atoms with Crippen molar-refractivity contribution >= 4 is 17.5 Å². The summed E-state index contributed by atoms with van der Waals surface area (Å²) in [7, 11) is 0. The van der Waals surface area contributed by atoms with E-state index >= 15 is 0 Å². The van der Waals surface area contributed by atoms with Gasteiger partial charge in [0.25, 0.3) is 0 Å². The fourth-order valence-electron chi connectivity index (χ4n) is 4.99. The average Bonchev–Trinajstić information content (AvgIpc) is 3.53. The van der Waals surface area contributed by atoms with Crippen LogP contribution in [0.4, 0.5) is 10.2 Å². The van der Waals surface area contributed by atoms with Gasteiger partial charge in [0.05, 0.1) is 18.3 Å². The first-order chi connectivity index (χ1) is 16.7. The second kappa shape index (κ2) is 10.3. The Bertz CT molecular complexity index is 1080. The van der Waals surface area contributed by atoms with Crippen molar-refractivity contribution in [2.45, 2.75) is 31.3 Å². The second-order valence-electron chi connectivity index (χ2n) is 9.12. The molecule has 2 unspecified atom stereocenters. The number of aliphatic imine (C=N–C) groups is 1. The molecule has 5 rings (SSSR count). The Balaban J connectivity index is 1.17. The van der Waals surface area contributed by atoms with Crippen LogP contribution in [0.15, 0.2) is 59.6 Å². The molecule has 0 bridgehead atoms. The molecule has 2 fully saturated rings. The highest BCUT2D eigenvalue weighted by Gasteiger charge is 2.26. The number of aromatic nitrogens is 1. The van der Waals surface area contributed by atoms with E-state index < -0.39 is 0 Å². The average molecular weight is 462 g/mol. The lowest BCUT2D eigenvalue weighted by Gasteiger charge is -2.29. The number of anilines is 1. The highest BCUT2D eigenvalue weighted by molar-refractivity contribution is 6.01. The van der Waals surface area contributed by atoms with Gasteiger partial charge >= 0.3 is 0 Å². The topological polar surface area (TPSA) is 79.6 Å². The van der Waals surface area contributed by atoms with E-state index in [2.05, 4.69) is 43.6 Å². The predicted molar refractivity (Wildman–Crippen MR) is 134 cm³/mol. The van der Waals surface area contributed by atoms with E-state index in [1.165, 1.54) is 6.07 Å². The summed E-state index contributed by atoms with van der Waals surface area (Å²) in [6, 6.07) is 13.2. The third-order valence-corrected chi connectivity index (χ3v) is 6.77. The summed E-state index contributed by atoms with van der Waals surface area (Å²) in [5.74, 6) is 2.07. The standard InChI is InChI=1S/C26H32FN7/c27-20-5-1-4-19(16-20)17-21-6-3-13-34(21)24(28)9-10-25-30-18-23(31-25)22-7-2-8-26(32-22)33-14-11-29-12-15-33/h1-2,4-5,7-10,16,21,23,28-29H,3,6,11-15,17-18H2,(H,30,31)/b10-9-,28-24?. The molecule has 7 nitrogen and oxygen atoms in total. The van der Waals surface area contributed by atoms with Gasteiger partial charge < -0.3 is 20.4 Å². The lowest BCUT2D eigenvalue weighted by molar-refractivity contribution is 0.386. The van der Waals surface area contributed by atoms with Gasteiger partial charge in [0.1, 0.15) is 23.3 Å². The maximum absolute atomic E-state index is 13.6. The third kappa shape index (κ3) is 5.28. The Labute approximate surface area is 200 Å². The molecular weight excluding hydrogens is 429 g/mol. The van der Waals surface area contributed by atoms with Crippen LogP contribution in [0.25, 0.3) is 0 Å². The van der Waals surface area contributed by atoms with Crippen LogP contribution in [0, 0.1) is 11.2 Å². The molecule has 0 radical (unpaired) electrons. The minimum Gasteiger partial charge on any atom is -0.360 e. The number of nitrogens with zero attached hydrogens (tertiary/aromatic N) is 4. The van der Waals surface area contributed by atoms with E-state index in [9.17, 15) is 4.39 Å². The van der Waals surface area contributed by atoms with Gasteiger partial charge in [0.15, 0.2) is 0 Å². The number of likely N-dealkylation sites (tertiary alicyclic amines) is 1. The number of nitrogens with one attached hydrogen (secondary N) is 3. The molecule has 0 saturated carbocycles. The van der Waals surface area contributed by atoms with Crippen molar-refractivity contribution in [1.82, 2.24) is 20.5 Å². The van der Waals surface area contributed by atoms with Crippen LogP contribution < -0.4 is 15.5 Å². The number of hydrogen-bond donors (Lipinski definition) is 3. The summed E-state index contributed by atoms with van der Waals surface area (Å²) >= 11 is 0. The summed E-state index contributed by atoms with van der Waals surface area (Å²) in [6.45, 7) is 5.40. The van der Waals surface area contributed by atoms with Crippen LogP contribution in [-0.2, 0) is 6.42 Å². The smallest absolute Gasteiger partial charge is 0.128 e. The summed E-state index contributed by atoms with van der Waals surface area (Å²) in [5.41, 5.74) is 1.97. The van der Waals surface area contributed by atoms with Gasteiger partial charge in [0.2, 0.25) is 0 Å². The van der Waals surface area contributed by atoms with E-state index in [0.717, 1.165) is 74.9 Å². The van der Waals surface area contributed by atoms with Crippen LogP contribution in [0.3, 0.4) is 0 Å². The normalized spacial score (nSPS) is 22.8. The number of halogens is 1. The molecule has 1 aromatic heterocycles. The maximum Gasteiger partial charge on any atom is 0.128 e. The molecule has 0 aliphatic carbocycles. The number of benzene rings is 1. The van der Waals surface area contributed by atoms with Gasteiger partial charge in [-0.15, -0.1) is 0 Å². The van der Waals surface area contributed by atoms with E-state index in [4.69, 9.17) is 10.4 Å². The Kier molecular flexibility index (Phi) is 6.85. The molecule has 178 valence electrons. The molecule has 8 heteroatoms. The zero-order valence-corrected chi connectivity index (χ0v) is 19.4. The van der Waals surface area contributed by atoms with Crippen LogP contribution >= 0.6 is 0 Å². The zero-order chi connectivity index (χ0) is 23.3. The monoisotopic (exact) mass is 461 g/mol. The van der Waals surface area contributed by atoms with E-state index in [1.807, 2.05) is 18.2 Å². The molecule has 1 aromatic carbocycles. The molecule has 4 heterocycles. The van der Waals surface area contributed by atoms with Crippen LogP contribution in [0.5, 0.6) is 0 Å². The zero-order valence-electron chi connectivity index (χ0n) is 19.4. The number of hydrogen-bond acceptors (Lipinski definition) is 6. The van der Waals surface area contributed by atoms with Crippen molar-refractivity contribution in [1.29, 1.82) is 5.41 Å². The highest BCUT2D eigenvalue weighted by atomic mass is 19.1. The Morgan fingerprint density at radius 3 is 2.85 bits per heavy atom. The van der Waals surface area contributed by atoms with Gasteiger partial charge in [-0.25, -0.2) is 9.37 Å². The Hall–Kier alpha value is -3.26. The van der Waals surface area contributed by atoms with E-state index in [0.29, 0.717) is 12.4 Å². The molecule has 34 heavy (non-hydrogen) atoms. The van der Waals surface area contributed by atoms with Crippen molar-refractivity contribution in [2.75, 3.05) is 44.2 Å². The molecule has 3 N–H and O–H groups in total. The molecule has 0 spiro atoms. The van der Waals surface area contributed by atoms with Gasteiger partial charge in [-0.1, -0.05) is 18.2 Å². The number of pyridine rings is 1. The molecule has 3 aliphatic rings. The summed E-state index contributed by atoms with van der Waals surface area (Å²) in [6.07, 6.45) is 6.53. The maximum atomic E-state index is 13.6. The minimum absolute atomic E-state index is 0.0456. The van der Waals surface area contributed by atoms with Gasteiger partial charge in [0, 0.05) is 38.8 Å². The first-order valence-corrected chi connectivity index (χ1v) is 12.2. The lowest BCUT2D eigenvalue weighted by Crippen LogP contribution is -2.44. The van der Waals surface area contributed by atoms with Crippen LogP contribution in [0.1, 0.15) is 30.1 Å². The summed E-state index contributed by atoms with van der Waals surface area (Å²) < 4.78 is 13.6. The summed E-state index contributed by atoms with van der Waals surface area (Å²) in [4.78, 5) is 13.9. The number of amidine groups is 2. The lowest BCUT2D eigenvalue weighted by atomic mass is 10.0. The van der Waals surface area contributed by atoms with Gasteiger partial charge in [-0.2, -0.15) is 0 Å². The quantitative estimate of drug-likeness (QED) is 0.455. The van der Waals surface area contributed by atoms with E-state index in [1.54, 1.807) is 12.1 Å². The van der Waals surface area contributed by atoms with Crippen molar-refractivity contribution in [2.24, 2.45) is 4.99 Å². The fourth-order valence-corrected chi connectivity index (χ4v) is 4.99. The highest BCUT2D eigenvalue weighted by Crippen LogP contribution is 2.23. The van der Waals surface area contributed by atoms with Crippen molar-refractivity contribution < 1.29 is 4.39 Å². The molecule has 0 amide bonds. The third-order valence-electron chi connectivity index (χ3n) is 6.77.